The minimum Gasteiger partial charge on any atom is -0.486 e. The number of halogens is 1. The minimum absolute atomic E-state index is 0.144. The van der Waals surface area contributed by atoms with E-state index in [1.165, 1.54) is 11.3 Å². The normalized spacial score (nSPS) is 12.8. The Bertz CT molecular complexity index is 1100. The van der Waals surface area contributed by atoms with Crippen molar-refractivity contribution in [3.05, 3.63) is 68.9 Å². The summed E-state index contributed by atoms with van der Waals surface area (Å²) in [6, 6.07) is 10.3. The quantitative estimate of drug-likeness (QED) is 0.446. The summed E-state index contributed by atoms with van der Waals surface area (Å²) >= 11 is 7.40. The molecule has 0 fully saturated rings. The minimum atomic E-state index is -0.418. The van der Waals surface area contributed by atoms with Crippen LogP contribution in [0.15, 0.2) is 40.8 Å². The lowest BCUT2D eigenvalue weighted by Gasteiger charge is -2.12. The first-order valence-electron chi connectivity index (χ1n) is 10.1. The lowest BCUT2D eigenvalue weighted by Crippen LogP contribution is -2.15. The molecule has 1 aliphatic rings. The van der Waals surface area contributed by atoms with Gasteiger partial charge in [-0.2, -0.15) is 0 Å². The molecule has 8 heteroatoms. The van der Waals surface area contributed by atoms with Crippen LogP contribution in [-0.4, -0.2) is 18.5 Å². The number of anilines is 1. The highest BCUT2D eigenvalue weighted by Gasteiger charge is 2.28. The van der Waals surface area contributed by atoms with Gasteiger partial charge in [-0.3, -0.25) is 4.79 Å². The molecule has 3 aromatic rings. The van der Waals surface area contributed by atoms with Gasteiger partial charge in [-0.05, 0) is 68.5 Å². The number of ether oxygens (including phenoxy) is 2. The Kier molecular flexibility index (Phi) is 6.63. The van der Waals surface area contributed by atoms with Crippen molar-refractivity contribution in [2.45, 2.75) is 39.2 Å². The molecule has 2 heterocycles. The number of fused-ring (bicyclic) bond motifs is 1. The van der Waals surface area contributed by atoms with Crippen LogP contribution >= 0.6 is 22.9 Å². The number of nitrogens with one attached hydrogen (secondary N) is 1. The third-order valence-electron chi connectivity index (χ3n) is 4.94. The third kappa shape index (κ3) is 4.94. The second-order valence-electron chi connectivity index (χ2n) is 7.10. The maximum absolute atomic E-state index is 12.8. The average Bonchev–Trinajstić information content (AvgIpc) is 3.37. The number of amides is 1. The zero-order valence-corrected chi connectivity index (χ0v) is 18.6. The molecule has 0 saturated heterocycles. The van der Waals surface area contributed by atoms with Crippen LogP contribution in [0.25, 0.3) is 0 Å². The third-order valence-corrected chi connectivity index (χ3v) is 6.38. The topological polar surface area (TPSA) is 77.8 Å². The molecule has 0 unspecified atom stereocenters. The van der Waals surface area contributed by atoms with Gasteiger partial charge in [0.1, 0.15) is 23.1 Å². The molecule has 6 nitrogen and oxygen atoms in total. The van der Waals surface area contributed by atoms with Crippen molar-refractivity contribution in [2.75, 3.05) is 11.9 Å². The van der Waals surface area contributed by atoms with Gasteiger partial charge in [-0.1, -0.05) is 17.7 Å². The van der Waals surface area contributed by atoms with Crippen molar-refractivity contribution < 1.29 is 23.5 Å². The van der Waals surface area contributed by atoms with Gasteiger partial charge in [0.25, 0.3) is 5.91 Å². The largest absolute Gasteiger partial charge is 0.486 e. The molecule has 162 valence electrons. The molecular formula is C23H22ClNO5S. The molecule has 0 bridgehead atoms. The van der Waals surface area contributed by atoms with E-state index >= 15 is 0 Å². The fourth-order valence-corrected chi connectivity index (χ4v) is 4.98. The Labute approximate surface area is 189 Å². The number of esters is 1. The summed E-state index contributed by atoms with van der Waals surface area (Å²) in [5, 5.41) is 3.94. The fraction of sp³-hybridized carbons (Fsp3) is 0.304. The van der Waals surface area contributed by atoms with E-state index in [1.54, 1.807) is 43.3 Å². The molecule has 0 atom stereocenters. The molecule has 2 aromatic heterocycles. The van der Waals surface area contributed by atoms with E-state index in [0.29, 0.717) is 27.1 Å². The number of furan rings is 1. The molecule has 0 spiro atoms. The Hall–Kier alpha value is -2.77. The number of hydrogen-bond acceptors (Lipinski definition) is 6. The smallest absolute Gasteiger partial charge is 0.341 e. The summed E-state index contributed by atoms with van der Waals surface area (Å²) in [5.41, 5.74) is 1.48. The van der Waals surface area contributed by atoms with E-state index in [-0.39, 0.29) is 19.0 Å². The number of carbonyl (C=O) groups excluding carboxylic acids is 2. The predicted molar refractivity (Wildman–Crippen MR) is 119 cm³/mol. The first-order valence-corrected chi connectivity index (χ1v) is 11.3. The van der Waals surface area contributed by atoms with Gasteiger partial charge in [-0.15, -0.1) is 11.3 Å². The molecule has 4 rings (SSSR count). The number of rotatable bonds is 7. The van der Waals surface area contributed by atoms with Crippen LogP contribution in [0, 0.1) is 0 Å². The van der Waals surface area contributed by atoms with Crippen LogP contribution in [0.4, 0.5) is 5.00 Å². The summed E-state index contributed by atoms with van der Waals surface area (Å²) < 4.78 is 16.5. The van der Waals surface area contributed by atoms with E-state index in [9.17, 15) is 9.59 Å². The van der Waals surface area contributed by atoms with Crippen molar-refractivity contribution >= 4 is 39.8 Å². The first-order chi connectivity index (χ1) is 15.0. The molecule has 0 saturated carbocycles. The van der Waals surface area contributed by atoms with Crippen LogP contribution in [0.1, 0.15) is 56.9 Å². The molecule has 1 amide bonds. The van der Waals surface area contributed by atoms with Gasteiger partial charge in [0, 0.05) is 9.90 Å². The van der Waals surface area contributed by atoms with Gasteiger partial charge in [0.15, 0.2) is 5.76 Å². The van der Waals surface area contributed by atoms with Crippen molar-refractivity contribution in [3.63, 3.8) is 0 Å². The van der Waals surface area contributed by atoms with E-state index in [4.69, 9.17) is 25.5 Å². The van der Waals surface area contributed by atoms with Gasteiger partial charge in [0.05, 0.1) is 12.2 Å². The second-order valence-corrected chi connectivity index (χ2v) is 8.64. The van der Waals surface area contributed by atoms with Crippen molar-refractivity contribution in [2.24, 2.45) is 0 Å². The van der Waals surface area contributed by atoms with E-state index < -0.39 is 11.9 Å². The number of thiophene rings is 1. The monoisotopic (exact) mass is 459 g/mol. The zero-order valence-electron chi connectivity index (χ0n) is 17.0. The number of hydrogen-bond donors (Lipinski definition) is 1. The Morgan fingerprint density at radius 2 is 2.03 bits per heavy atom. The molecular weight excluding hydrogens is 438 g/mol. The summed E-state index contributed by atoms with van der Waals surface area (Å²) in [6.45, 7) is 2.21. The molecule has 0 radical (unpaired) electrons. The van der Waals surface area contributed by atoms with Crippen LogP contribution in [-0.2, 0) is 24.2 Å². The maximum atomic E-state index is 12.8. The zero-order chi connectivity index (χ0) is 21.8. The van der Waals surface area contributed by atoms with Crippen LogP contribution in [0.5, 0.6) is 5.75 Å². The van der Waals surface area contributed by atoms with Gasteiger partial charge >= 0.3 is 5.97 Å². The lowest BCUT2D eigenvalue weighted by atomic mass is 9.95. The van der Waals surface area contributed by atoms with Gasteiger partial charge < -0.3 is 19.2 Å². The molecule has 1 aromatic carbocycles. The molecule has 1 aliphatic carbocycles. The second kappa shape index (κ2) is 9.58. The number of carbonyl (C=O) groups is 2. The van der Waals surface area contributed by atoms with Gasteiger partial charge in [-0.25, -0.2) is 4.79 Å². The predicted octanol–water partition coefficient (Wildman–Crippen LogP) is 5.88. The average molecular weight is 460 g/mol. The highest BCUT2D eigenvalue weighted by Crippen LogP contribution is 2.38. The summed E-state index contributed by atoms with van der Waals surface area (Å²) in [7, 11) is 0. The Balaban J connectivity index is 1.47. The Morgan fingerprint density at radius 1 is 1.19 bits per heavy atom. The van der Waals surface area contributed by atoms with Crippen LogP contribution in [0.2, 0.25) is 5.02 Å². The summed E-state index contributed by atoms with van der Waals surface area (Å²) in [4.78, 5) is 26.5. The maximum Gasteiger partial charge on any atom is 0.341 e. The van der Waals surface area contributed by atoms with E-state index in [2.05, 4.69) is 5.32 Å². The van der Waals surface area contributed by atoms with Gasteiger partial charge in [0.2, 0.25) is 0 Å². The highest BCUT2D eigenvalue weighted by atomic mass is 35.5. The number of benzene rings is 1. The summed E-state index contributed by atoms with van der Waals surface area (Å²) in [6.07, 6.45) is 3.84. The van der Waals surface area contributed by atoms with Crippen LogP contribution in [0.3, 0.4) is 0 Å². The van der Waals surface area contributed by atoms with E-state index in [1.807, 2.05) is 0 Å². The molecule has 0 aliphatic heterocycles. The summed E-state index contributed by atoms with van der Waals surface area (Å²) in [5.74, 6) is 0.440. The molecule has 1 N–H and O–H groups in total. The van der Waals surface area contributed by atoms with Crippen LogP contribution < -0.4 is 10.1 Å². The first kappa shape index (κ1) is 21.5. The Morgan fingerprint density at radius 3 is 2.84 bits per heavy atom. The van der Waals surface area contributed by atoms with Crippen molar-refractivity contribution in [3.8, 4) is 5.75 Å². The lowest BCUT2D eigenvalue weighted by molar-refractivity contribution is 0.0526. The highest BCUT2D eigenvalue weighted by molar-refractivity contribution is 7.17. The standard InChI is InChI=1S/C23H22ClNO5S/c1-2-28-23(27)20-17-8-3-4-9-19(17)31-22(20)25-21(26)18-11-10-16(30-18)13-29-15-7-5-6-14(24)12-15/h5-7,10-12H,2-4,8-9,13H2,1H3,(H,25,26). The van der Waals surface area contributed by atoms with Crippen molar-refractivity contribution in [1.29, 1.82) is 0 Å². The van der Waals surface area contributed by atoms with Crippen molar-refractivity contribution in [1.82, 2.24) is 0 Å². The number of aryl methyl sites for hydroxylation is 1. The molecule has 31 heavy (non-hydrogen) atoms. The van der Waals surface area contributed by atoms with E-state index in [0.717, 1.165) is 36.1 Å². The SMILES string of the molecule is CCOC(=O)c1c(NC(=O)c2ccc(COc3cccc(Cl)c3)o2)sc2c1CCCC2. The fourth-order valence-electron chi connectivity index (χ4n) is 3.53.